The van der Waals surface area contributed by atoms with Crippen LogP contribution in [0.4, 0.5) is 4.39 Å². The first kappa shape index (κ1) is 17.8. The van der Waals surface area contributed by atoms with E-state index in [9.17, 15) is 19.1 Å². The Morgan fingerprint density at radius 3 is 2.42 bits per heavy atom. The van der Waals surface area contributed by atoms with Gasteiger partial charge in [0.15, 0.2) is 0 Å². The zero-order valence-electron chi connectivity index (χ0n) is 14.2. The lowest BCUT2D eigenvalue weighted by molar-refractivity contribution is -0.140. The molecule has 0 unspecified atom stereocenters. The van der Waals surface area contributed by atoms with Crippen LogP contribution in [-0.2, 0) is 14.3 Å². The smallest absolute Gasteiger partial charge is 0.295 e. The molecule has 1 saturated heterocycles. The number of nitrogens with zero attached hydrogens (tertiary/aromatic N) is 1. The highest BCUT2D eigenvalue weighted by atomic mass is 19.1. The van der Waals surface area contributed by atoms with Crippen LogP contribution in [0.15, 0.2) is 60.2 Å². The molecule has 2 aromatic rings. The molecule has 1 atom stereocenters. The summed E-state index contributed by atoms with van der Waals surface area (Å²) in [5.74, 6) is -2.50. The van der Waals surface area contributed by atoms with E-state index < -0.39 is 23.5 Å². The summed E-state index contributed by atoms with van der Waals surface area (Å²) in [7, 11) is 1.47. The molecule has 1 heterocycles. The molecule has 0 bridgehead atoms. The van der Waals surface area contributed by atoms with Gasteiger partial charge in [0.2, 0.25) is 0 Å². The maximum atomic E-state index is 14.4. The predicted octanol–water partition coefficient (Wildman–Crippen LogP) is 2.89. The topological polar surface area (TPSA) is 66.8 Å². The van der Waals surface area contributed by atoms with Crippen molar-refractivity contribution in [3.8, 4) is 0 Å². The Balaban J connectivity index is 2.19. The zero-order valence-corrected chi connectivity index (χ0v) is 14.2. The molecule has 1 aliphatic rings. The predicted molar refractivity (Wildman–Crippen MR) is 93.7 cm³/mol. The Bertz CT molecular complexity index is 863. The highest BCUT2D eigenvalue weighted by molar-refractivity contribution is 6.46. The fraction of sp³-hybridized carbons (Fsp3) is 0.200. The quantitative estimate of drug-likeness (QED) is 0.509. The van der Waals surface area contributed by atoms with Gasteiger partial charge in [-0.15, -0.1) is 0 Å². The first-order valence-corrected chi connectivity index (χ1v) is 8.13. The standard InChI is InChI=1S/C20H18FNO4/c1-26-12-11-22-17(14-9-5-6-10-15(14)21)16(19(24)20(22)25)18(23)13-7-3-2-4-8-13/h2-10,17,23H,11-12H2,1H3/t17-/m1/s1. The molecule has 6 heteroatoms. The minimum atomic E-state index is -1.01. The highest BCUT2D eigenvalue weighted by Crippen LogP contribution is 2.39. The van der Waals surface area contributed by atoms with Crippen LogP contribution in [0.2, 0.25) is 0 Å². The fourth-order valence-corrected chi connectivity index (χ4v) is 3.07. The summed E-state index contributed by atoms with van der Waals surface area (Å²) in [4.78, 5) is 26.4. The molecule has 1 amide bonds. The number of methoxy groups -OCH3 is 1. The van der Waals surface area contributed by atoms with E-state index in [0.29, 0.717) is 5.56 Å². The molecule has 1 fully saturated rings. The molecule has 1 N–H and O–H groups in total. The summed E-state index contributed by atoms with van der Waals surface area (Å²) in [6, 6.07) is 13.3. The van der Waals surface area contributed by atoms with E-state index in [0.717, 1.165) is 0 Å². The molecular weight excluding hydrogens is 337 g/mol. The van der Waals surface area contributed by atoms with Crippen molar-refractivity contribution in [2.24, 2.45) is 0 Å². The summed E-state index contributed by atoms with van der Waals surface area (Å²) in [5, 5.41) is 10.7. The number of benzene rings is 2. The van der Waals surface area contributed by atoms with Crippen molar-refractivity contribution < 1.29 is 23.8 Å². The Hall–Kier alpha value is -2.99. The number of ketones is 1. The lowest BCUT2D eigenvalue weighted by atomic mass is 9.95. The van der Waals surface area contributed by atoms with Crippen LogP contribution >= 0.6 is 0 Å². The third kappa shape index (κ3) is 3.11. The van der Waals surface area contributed by atoms with Gasteiger partial charge in [-0.1, -0.05) is 48.5 Å². The summed E-state index contributed by atoms with van der Waals surface area (Å²) in [6.07, 6.45) is 0. The molecule has 0 spiro atoms. The number of aliphatic hydroxyl groups excluding tert-OH is 1. The molecule has 134 valence electrons. The number of rotatable bonds is 5. The molecule has 0 aromatic heterocycles. The van der Waals surface area contributed by atoms with Crippen molar-refractivity contribution in [2.45, 2.75) is 6.04 Å². The first-order valence-electron chi connectivity index (χ1n) is 8.13. The van der Waals surface area contributed by atoms with Crippen molar-refractivity contribution in [1.82, 2.24) is 4.90 Å². The molecule has 2 aromatic carbocycles. The van der Waals surface area contributed by atoms with Gasteiger partial charge in [-0.3, -0.25) is 9.59 Å². The molecule has 0 aliphatic carbocycles. The van der Waals surface area contributed by atoms with Crippen molar-refractivity contribution >= 4 is 17.4 Å². The van der Waals surface area contributed by atoms with E-state index in [1.165, 1.54) is 30.2 Å². The van der Waals surface area contributed by atoms with Crippen molar-refractivity contribution in [3.63, 3.8) is 0 Å². The number of aliphatic hydroxyl groups is 1. The van der Waals surface area contributed by atoms with Gasteiger partial charge in [0.1, 0.15) is 11.6 Å². The summed E-state index contributed by atoms with van der Waals surface area (Å²) in [6.45, 7) is 0.287. The van der Waals surface area contributed by atoms with Crippen LogP contribution in [0.3, 0.4) is 0 Å². The van der Waals surface area contributed by atoms with Crippen molar-refractivity contribution in [2.75, 3.05) is 20.3 Å². The minimum Gasteiger partial charge on any atom is -0.507 e. The second-order valence-electron chi connectivity index (χ2n) is 5.87. The largest absolute Gasteiger partial charge is 0.507 e. The van der Waals surface area contributed by atoms with Gasteiger partial charge >= 0.3 is 0 Å². The lowest BCUT2D eigenvalue weighted by Gasteiger charge is -2.25. The summed E-state index contributed by atoms with van der Waals surface area (Å²) in [5.41, 5.74) is 0.418. The number of amides is 1. The number of carbonyl (C=O) groups excluding carboxylic acids is 2. The molecule has 0 saturated carbocycles. The van der Waals surface area contributed by atoms with Crippen LogP contribution in [0.25, 0.3) is 5.76 Å². The van der Waals surface area contributed by atoms with Crippen molar-refractivity contribution in [1.29, 1.82) is 0 Å². The van der Waals surface area contributed by atoms with Crippen LogP contribution in [0.5, 0.6) is 0 Å². The Labute approximate surface area is 150 Å². The highest BCUT2D eigenvalue weighted by Gasteiger charge is 2.46. The van der Waals surface area contributed by atoms with Crippen molar-refractivity contribution in [3.05, 3.63) is 77.1 Å². The number of halogens is 1. The van der Waals surface area contributed by atoms with Crippen LogP contribution in [-0.4, -0.2) is 42.0 Å². The summed E-state index contributed by atoms with van der Waals surface area (Å²) < 4.78 is 19.5. The molecule has 26 heavy (non-hydrogen) atoms. The van der Waals surface area contributed by atoms with Gasteiger partial charge in [-0.05, 0) is 6.07 Å². The first-order chi connectivity index (χ1) is 12.6. The minimum absolute atomic E-state index is 0.103. The molecule has 0 radical (unpaired) electrons. The fourth-order valence-electron chi connectivity index (χ4n) is 3.07. The van der Waals surface area contributed by atoms with Gasteiger partial charge in [-0.25, -0.2) is 4.39 Å². The number of carbonyl (C=O) groups is 2. The Morgan fingerprint density at radius 1 is 1.12 bits per heavy atom. The molecular formula is C20H18FNO4. The van der Waals surface area contributed by atoms with E-state index in [1.807, 2.05) is 0 Å². The second kappa shape index (κ2) is 7.49. The summed E-state index contributed by atoms with van der Waals surface area (Å²) >= 11 is 0. The van der Waals surface area contributed by atoms with Gasteiger partial charge in [0.25, 0.3) is 11.7 Å². The average molecular weight is 355 g/mol. The van der Waals surface area contributed by atoms with Gasteiger partial charge in [0.05, 0.1) is 18.2 Å². The Morgan fingerprint density at radius 2 is 1.77 bits per heavy atom. The maximum Gasteiger partial charge on any atom is 0.295 e. The Kier molecular flexibility index (Phi) is 5.14. The van der Waals surface area contributed by atoms with Crippen LogP contribution < -0.4 is 0 Å². The molecule has 1 aliphatic heterocycles. The number of hydrogen-bond donors (Lipinski definition) is 1. The van der Waals surface area contributed by atoms with Gasteiger partial charge in [0, 0.05) is 24.8 Å². The maximum absolute atomic E-state index is 14.4. The SMILES string of the molecule is COCCN1C(=O)C(=O)C(=C(O)c2ccccc2)[C@H]1c1ccccc1F. The zero-order chi connectivity index (χ0) is 18.7. The van der Waals surface area contributed by atoms with Gasteiger partial charge in [-0.2, -0.15) is 0 Å². The van der Waals surface area contributed by atoms with E-state index in [-0.39, 0.29) is 30.0 Å². The molecule has 5 nitrogen and oxygen atoms in total. The normalized spacial score (nSPS) is 19.2. The number of likely N-dealkylation sites (tertiary alicyclic amines) is 1. The van der Waals surface area contributed by atoms with E-state index in [4.69, 9.17) is 4.74 Å². The van der Waals surface area contributed by atoms with E-state index >= 15 is 0 Å². The van der Waals surface area contributed by atoms with Crippen LogP contribution in [0.1, 0.15) is 17.2 Å². The number of hydrogen-bond acceptors (Lipinski definition) is 4. The second-order valence-corrected chi connectivity index (χ2v) is 5.87. The lowest BCUT2D eigenvalue weighted by Crippen LogP contribution is -2.33. The van der Waals surface area contributed by atoms with E-state index in [1.54, 1.807) is 36.4 Å². The number of Topliss-reactive ketones (excluding diaryl/α,β-unsaturated/α-hetero) is 1. The third-order valence-electron chi connectivity index (χ3n) is 4.32. The average Bonchev–Trinajstić information content (AvgIpc) is 2.91. The third-order valence-corrected chi connectivity index (χ3v) is 4.32. The number of ether oxygens (including phenoxy) is 1. The van der Waals surface area contributed by atoms with Gasteiger partial charge < -0.3 is 14.7 Å². The van der Waals surface area contributed by atoms with Crippen LogP contribution in [0, 0.1) is 5.82 Å². The molecule has 3 rings (SSSR count). The monoisotopic (exact) mass is 355 g/mol. The van der Waals surface area contributed by atoms with E-state index in [2.05, 4.69) is 0 Å².